The highest BCUT2D eigenvalue weighted by atomic mass is 79.9. The molecule has 0 spiro atoms. The molecule has 4 rings (SSSR count). The van der Waals surface area contributed by atoms with Crippen molar-refractivity contribution in [3.05, 3.63) is 69.6 Å². The van der Waals surface area contributed by atoms with Crippen molar-refractivity contribution >= 4 is 32.8 Å². The van der Waals surface area contributed by atoms with Crippen LogP contribution in [0.5, 0.6) is 0 Å². The number of nitrogens with zero attached hydrogens (tertiary/aromatic N) is 1. The molecule has 1 atom stereocenters. The van der Waals surface area contributed by atoms with Crippen molar-refractivity contribution in [2.45, 2.75) is 25.3 Å². The number of halogens is 2. The van der Waals surface area contributed by atoms with Gasteiger partial charge in [-0.1, -0.05) is 40.2 Å². The Morgan fingerprint density at radius 3 is 2.89 bits per heavy atom. The second-order valence-electron chi connectivity index (χ2n) is 7.07. The van der Waals surface area contributed by atoms with Gasteiger partial charge in [-0.15, -0.1) is 0 Å². The predicted molar refractivity (Wildman–Crippen MR) is 107 cm³/mol. The van der Waals surface area contributed by atoms with Crippen LogP contribution in [0.4, 0.5) is 4.39 Å². The number of H-pyrrole nitrogens is 1. The van der Waals surface area contributed by atoms with Crippen molar-refractivity contribution in [2.75, 3.05) is 13.1 Å². The molecule has 2 heterocycles. The van der Waals surface area contributed by atoms with E-state index < -0.39 is 5.97 Å². The lowest BCUT2D eigenvalue weighted by molar-refractivity contribution is 0.0688. The Hall–Kier alpha value is -2.18. The molecule has 1 fully saturated rings. The number of carbonyl (C=O) groups is 1. The van der Waals surface area contributed by atoms with Crippen molar-refractivity contribution in [3.63, 3.8) is 0 Å². The highest BCUT2D eigenvalue weighted by molar-refractivity contribution is 9.10. The van der Waals surface area contributed by atoms with Crippen molar-refractivity contribution in [3.8, 4) is 0 Å². The van der Waals surface area contributed by atoms with E-state index in [1.807, 2.05) is 30.3 Å². The number of aromatic carboxylic acids is 1. The summed E-state index contributed by atoms with van der Waals surface area (Å²) >= 11 is 3.29. The van der Waals surface area contributed by atoms with Crippen LogP contribution in [0.3, 0.4) is 0 Å². The molecule has 6 heteroatoms. The van der Waals surface area contributed by atoms with Gasteiger partial charge in [-0.05, 0) is 49.1 Å². The van der Waals surface area contributed by atoms with Gasteiger partial charge in [-0.3, -0.25) is 4.90 Å². The van der Waals surface area contributed by atoms with Gasteiger partial charge >= 0.3 is 5.97 Å². The van der Waals surface area contributed by atoms with Gasteiger partial charge in [0.05, 0.1) is 0 Å². The molecule has 2 N–H and O–H groups in total. The molecule has 0 saturated carbocycles. The van der Waals surface area contributed by atoms with Crippen LogP contribution in [0.2, 0.25) is 0 Å². The normalized spacial score (nSPS) is 18.1. The standard InChI is InChI=1S/C21H20BrFN2O2/c22-15-8-7-13(17(23)10-15)11-25-9-3-4-14(12-25)19-16-5-1-2-6-18(16)24-20(19)21(26)27/h1-2,5-8,10,14,24H,3-4,9,11-12H2,(H,26,27). The van der Waals surface area contributed by atoms with Crippen molar-refractivity contribution < 1.29 is 14.3 Å². The third-order valence-corrected chi connectivity index (χ3v) is 5.78. The second kappa shape index (κ2) is 7.44. The second-order valence-corrected chi connectivity index (χ2v) is 7.99. The molecular weight excluding hydrogens is 411 g/mol. The number of aromatic nitrogens is 1. The van der Waals surface area contributed by atoms with Crippen LogP contribution < -0.4 is 0 Å². The molecular formula is C21H20BrFN2O2. The first kappa shape index (κ1) is 18.2. The van der Waals surface area contributed by atoms with E-state index in [9.17, 15) is 14.3 Å². The minimum Gasteiger partial charge on any atom is -0.477 e. The van der Waals surface area contributed by atoms with Gasteiger partial charge in [0.2, 0.25) is 0 Å². The van der Waals surface area contributed by atoms with E-state index in [4.69, 9.17) is 0 Å². The summed E-state index contributed by atoms with van der Waals surface area (Å²) in [6.45, 7) is 2.13. The number of para-hydroxylation sites is 1. The fourth-order valence-electron chi connectivity index (χ4n) is 4.08. The lowest BCUT2D eigenvalue weighted by Crippen LogP contribution is -2.34. The number of piperidine rings is 1. The fraction of sp³-hybridized carbons (Fsp3) is 0.286. The average Bonchev–Trinajstić information content (AvgIpc) is 3.04. The monoisotopic (exact) mass is 430 g/mol. The van der Waals surface area contributed by atoms with E-state index in [-0.39, 0.29) is 17.4 Å². The van der Waals surface area contributed by atoms with Gasteiger partial charge in [-0.25, -0.2) is 9.18 Å². The van der Waals surface area contributed by atoms with Gasteiger partial charge in [0.25, 0.3) is 0 Å². The van der Waals surface area contributed by atoms with Gasteiger partial charge in [-0.2, -0.15) is 0 Å². The number of fused-ring (bicyclic) bond motifs is 1. The van der Waals surface area contributed by atoms with Crippen molar-refractivity contribution in [2.24, 2.45) is 0 Å². The molecule has 1 saturated heterocycles. The molecule has 4 nitrogen and oxygen atoms in total. The summed E-state index contributed by atoms with van der Waals surface area (Å²) in [6.07, 6.45) is 1.89. The Bertz CT molecular complexity index is 1000. The molecule has 27 heavy (non-hydrogen) atoms. The largest absolute Gasteiger partial charge is 0.477 e. The van der Waals surface area contributed by atoms with Crippen LogP contribution in [0.25, 0.3) is 10.9 Å². The van der Waals surface area contributed by atoms with Crippen LogP contribution in [-0.2, 0) is 6.54 Å². The third-order valence-electron chi connectivity index (χ3n) is 5.28. The van der Waals surface area contributed by atoms with Crippen LogP contribution >= 0.6 is 15.9 Å². The van der Waals surface area contributed by atoms with E-state index in [0.717, 1.165) is 46.9 Å². The fourth-order valence-corrected chi connectivity index (χ4v) is 4.42. The van der Waals surface area contributed by atoms with E-state index in [2.05, 4.69) is 25.8 Å². The number of benzene rings is 2. The van der Waals surface area contributed by atoms with Crippen LogP contribution in [-0.4, -0.2) is 34.0 Å². The molecule has 1 aliphatic heterocycles. The quantitative estimate of drug-likeness (QED) is 0.601. The Morgan fingerprint density at radius 1 is 1.30 bits per heavy atom. The Kier molecular flexibility index (Phi) is 5.02. The van der Waals surface area contributed by atoms with Crippen LogP contribution in [0.15, 0.2) is 46.9 Å². The molecule has 2 aromatic carbocycles. The molecule has 1 unspecified atom stereocenters. The summed E-state index contributed by atoms with van der Waals surface area (Å²) in [6, 6.07) is 12.9. The molecule has 0 bridgehead atoms. The number of carboxylic acid groups (broad SMARTS) is 1. The first-order valence-electron chi connectivity index (χ1n) is 9.03. The molecule has 1 aromatic heterocycles. The SMILES string of the molecule is O=C(O)c1[nH]c2ccccc2c1C1CCCN(Cc2ccc(Br)cc2F)C1. The van der Waals surface area contributed by atoms with Crippen molar-refractivity contribution in [1.29, 1.82) is 0 Å². The number of rotatable bonds is 4. The first-order valence-corrected chi connectivity index (χ1v) is 9.82. The minimum absolute atomic E-state index is 0.111. The number of aromatic amines is 1. The molecule has 1 aliphatic rings. The van der Waals surface area contributed by atoms with E-state index in [1.165, 1.54) is 6.07 Å². The van der Waals surface area contributed by atoms with E-state index in [0.29, 0.717) is 12.1 Å². The van der Waals surface area contributed by atoms with E-state index >= 15 is 0 Å². The molecule has 3 aromatic rings. The maximum Gasteiger partial charge on any atom is 0.352 e. The zero-order valence-electron chi connectivity index (χ0n) is 14.7. The lowest BCUT2D eigenvalue weighted by Gasteiger charge is -2.33. The van der Waals surface area contributed by atoms with Crippen molar-refractivity contribution in [1.82, 2.24) is 9.88 Å². The molecule has 0 radical (unpaired) electrons. The Labute approximate surface area is 165 Å². The summed E-state index contributed by atoms with van der Waals surface area (Å²) in [5.41, 5.74) is 2.66. The molecule has 0 aliphatic carbocycles. The van der Waals surface area contributed by atoms with Crippen LogP contribution in [0, 0.1) is 5.82 Å². The number of carboxylic acids is 1. The summed E-state index contributed by atoms with van der Waals surface area (Å²) in [5.74, 6) is -1.04. The van der Waals surface area contributed by atoms with Crippen LogP contribution in [0.1, 0.15) is 40.4 Å². The minimum atomic E-state index is -0.933. The van der Waals surface area contributed by atoms with Gasteiger partial charge in [0.15, 0.2) is 0 Å². The highest BCUT2D eigenvalue weighted by Crippen LogP contribution is 2.35. The number of likely N-dealkylation sites (tertiary alicyclic amines) is 1. The Balaban J connectivity index is 1.63. The third kappa shape index (κ3) is 3.64. The predicted octanol–water partition coefficient (Wildman–Crippen LogP) is 5.15. The first-order chi connectivity index (χ1) is 13.0. The number of nitrogens with one attached hydrogen (secondary N) is 1. The zero-order chi connectivity index (χ0) is 19.0. The number of hydrogen-bond acceptors (Lipinski definition) is 2. The molecule has 0 amide bonds. The highest BCUT2D eigenvalue weighted by Gasteiger charge is 2.28. The number of hydrogen-bond donors (Lipinski definition) is 2. The summed E-state index contributed by atoms with van der Waals surface area (Å²) in [4.78, 5) is 17.1. The summed E-state index contributed by atoms with van der Waals surface area (Å²) < 4.78 is 14.9. The van der Waals surface area contributed by atoms with Gasteiger partial charge < -0.3 is 10.1 Å². The maximum absolute atomic E-state index is 14.2. The van der Waals surface area contributed by atoms with Gasteiger partial charge in [0, 0.05) is 34.0 Å². The summed E-state index contributed by atoms with van der Waals surface area (Å²) in [7, 11) is 0. The average molecular weight is 431 g/mol. The Morgan fingerprint density at radius 2 is 2.11 bits per heavy atom. The van der Waals surface area contributed by atoms with Gasteiger partial charge in [0.1, 0.15) is 11.5 Å². The van der Waals surface area contributed by atoms with E-state index in [1.54, 1.807) is 6.07 Å². The smallest absolute Gasteiger partial charge is 0.352 e. The zero-order valence-corrected chi connectivity index (χ0v) is 16.3. The lowest BCUT2D eigenvalue weighted by atomic mass is 9.88. The maximum atomic E-state index is 14.2. The summed E-state index contributed by atoms with van der Waals surface area (Å²) in [5, 5.41) is 10.6. The molecule has 140 valence electrons. The topological polar surface area (TPSA) is 56.3 Å².